The van der Waals surface area contributed by atoms with Gasteiger partial charge < -0.3 is 5.32 Å². The number of nitriles is 1. The molecule has 2 heterocycles. The van der Waals surface area contributed by atoms with E-state index in [4.69, 9.17) is 5.26 Å². The first-order valence-electron chi connectivity index (χ1n) is 5.52. The Morgan fingerprint density at radius 1 is 1.40 bits per heavy atom. The fraction of sp³-hybridized carbons (Fsp3) is 0. The molecule has 0 aliphatic heterocycles. The first kappa shape index (κ1) is 12.3. The Morgan fingerprint density at radius 2 is 2.30 bits per heavy atom. The van der Waals surface area contributed by atoms with Gasteiger partial charge in [0, 0.05) is 17.3 Å². The predicted octanol–water partition coefficient (Wildman–Crippen LogP) is 1.82. The van der Waals surface area contributed by atoms with Gasteiger partial charge in [-0.1, -0.05) is 0 Å². The fourth-order valence-electron chi connectivity index (χ4n) is 1.65. The molecule has 0 aliphatic carbocycles. The number of nitrogens with zero attached hydrogens (tertiary/aromatic N) is 5. The molecule has 0 aliphatic rings. The van der Waals surface area contributed by atoms with Gasteiger partial charge >= 0.3 is 0 Å². The number of anilines is 1. The van der Waals surface area contributed by atoms with Crippen LogP contribution in [0.5, 0.6) is 0 Å². The van der Waals surface area contributed by atoms with Crippen molar-refractivity contribution in [3.05, 3.63) is 34.8 Å². The molecule has 0 unspecified atom stereocenters. The third-order valence-corrected chi connectivity index (χ3v) is 3.20. The Hall–Kier alpha value is -2.73. The standard InChI is InChI=1S/C11H7BrN8/c12-10-8-3-7(1-2-9(8)15-16-10)14-5-6(4-13)11-17-19-20-18-11/h1-3,5,14H,(H,15,16)(H,17,18,19,20). The molecule has 9 heteroatoms. The normalized spacial score (nSPS) is 11.5. The Labute approximate surface area is 121 Å². The van der Waals surface area contributed by atoms with Crippen molar-refractivity contribution in [2.24, 2.45) is 0 Å². The molecule has 3 aromatic rings. The average molecular weight is 331 g/mol. The minimum Gasteiger partial charge on any atom is -0.360 e. The van der Waals surface area contributed by atoms with Crippen molar-refractivity contribution in [2.75, 3.05) is 5.32 Å². The monoisotopic (exact) mass is 330 g/mol. The van der Waals surface area contributed by atoms with Gasteiger partial charge in [0.25, 0.3) is 0 Å². The first-order chi connectivity index (χ1) is 9.78. The second-order valence-corrected chi connectivity index (χ2v) is 4.61. The fourth-order valence-corrected chi connectivity index (χ4v) is 2.05. The Bertz CT molecular complexity index is 811. The summed E-state index contributed by atoms with van der Waals surface area (Å²) in [7, 11) is 0. The SMILES string of the molecule is N#CC(=CNc1ccc2n[nH]c(Br)c2c1)c1nn[nH]n1. The third-order valence-electron chi connectivity index (χ3n) is 2.60. The van der Waals surface area contributed by atoms with E-state index < -0.39 is 0 Å². The topological polar surface area (TPSA) is 119 Å². The van der Waals surface area contributed by atoms with Crippen LogP contribution in [0.15, 0.2) is 29.0 Å². The van der Waals surface area contributed by atoms with E-state index in [2.05, 4.69) is 52.1 Å². The van der Waals surface area contributed by atoms with Crippen LogP contribution < -0.4 is 5.32 Å². The van der Waals surface area contributed by atoms with Crippen LogP contribution in [-0.4, -0.2) is 30.8 Å². The molecule has 0 amide bonds. The largest absolute Gasteiger partial charge is 0.360 e. The van der Waals surface area contributed by atoms with Crippen LogP contribution in [0.1, 0.15) is 5.82 Å². The molecule has 3 N–H and O–H groups in total. The maximum Gasteiger partial charge on any atom is 0.216 e. The van der Waals surface area contributed by atoms with Crippen LogP contribution >= 0.6 is 15.9 Å². The van der Waals surface area contributed by atoms with Crippen molar-refractivity contribution in [1.82, 2.24) is 30.8 Å². The Morgan fingerprint density at radius 3 is 3.05 bits per heavy atom. The van der Waals surface area contributed by atoms with Gasteiger partial charge in [0.15, 0.2) is 0 Å². The number of tetrazole rings is 1. The van der Waals surface area contributed by atoms with Crippen molar-refractivity contribution in [3.63, 3.8) is 0 Å². The van der Waals surface area contributed by atoms with Gasteiger partial charge in [-0.25, -0.2) is 0 Å². The number of hydrogen-bond acceptors (Lipinski definition) is 6. The highest BCUT2D eigenvalue weighted by atomic mass is 79.9. The van der Waals surface area contributed by atoms with E-state index in [1.54, 1.807) is 0 Å². The summed E-state index contributed by atoms with van der Waals surface area (Å²) in [6, 6.07) is 7.64. The number of H-pyrrole nitrogens is 2. The molecule has 0 fully saturated rings. The molecule has 2 aromatic heterocycles. The molecule has 98 valence electrons. The summed E-state index contributed by atoms with van der Waals surface area (Å²) in [6.07, 6.45) is 1.53. The molecule has 0 atom stereocenters. The highest BCUT2D eigenvalue weighted by Gasteiger charge is 2.06. The van der Waals surface area contributed by atoms with Crippen molar-refractivity contribution < 1.29 is 0 Å². The van der Waals surface area contributed by atoms with E-state index in [0.717, 1.165) is 21.2 Å². The minimum atomic E-state index is 0.241. The summed E-state index contributed by atoms with van der Waals surface area (Å²) >= 11 is 3.38. The lowest BCUT2D eigenvalue weighted by molar-refractivity contribution is 0.881. The summed E-state index contributed by atoms with van der Waals surface area (Å²) in [5.41, 5.74) is 1.95. The summed E-state index contributed by atoms with van der Waals surface area (Å²) in [5, 5.41) is 33.2. The number of nitrogens with one attached hydrogen (secondary N) is 3. The lowest BCUT2D eigenvalue weighted by Crippen LogP contribution is -1.92. The van der Waals surface area contributed by atoms with E-state index >= 15 is 0 Å². The number of benzene rings is 1. The van der Waals surface area contributed by atoms with Crippen molar-refractivity contribution >= 4 is 38.1 Å². The highest BCUT2D eigenvalue weighted by molar-refractivity contribution is 9.10. The van der Waals surface area contributed by atoms with Crippen LogP contribution in [0.3, 0.4) is 0 Å². The number of aromatic amines is 2. The maximum atomic E-state index is 9.06. The third kappa shape index (κ3) is 2.24. The van der Waals surface area contributed by atoms with Crippen LogP contribution in [0.25, 0.3) is 16.5 Å². The lowest BCUT2D eigenvalue weighted by Gasteiger charge is -2.01. The summed E-state index contributed by atoms with van der Waals surface area (Å²) in [6.45, 7) is 0. The number of aromatic nitrogens is 6. The number of hydrogen-bond donors (Lipinski definition) is 3. The lowest BCUT2D eigenvalue weighted by atomic mass is 10.2. The zero-order valence-corrected chi connectivity index (χ0v) is 11.5. The van der Waals surface area contributed by atoms with Gasteiger partial charge in [0.2, 0.25) is 5.82 Å². The van der Waals surface area contributed by atoms with Gasteiger partial charge in [-0.15, -0.1) is 10.2 Å². The second-order valence-electron chi connectivity index (χ2n) is 3.82. The predicted molar refractivity (Wildman–Crippen MR) is 75.2 cm³/mol. The van der Waals surface area contributed by atoms with E-state index in [1.165, 1.54) is 6.20 Å². The highest BCUT2D eigenvalue weighted by Crippen LogP contribution is 2.24. The molecular weight excluding hydrogens is 324 g/mol. The zero-order chi connectivity index (χ0) is 13.9. The van der Waals surface area contributed by atoms with Gasteiger partial charge in [-0.05, 0) is 39.3 Å². The number of fused-ring (bicyclic) bond motifs is 1. The maximum absolute atomic E-state index is 9.06. The molecule has 20 heavy (non-hydrogen) atoms. The molecule has 3 rings (SSSR count). The quantitative estimate of drug-likeness (QED) is 0.630. The van der Waals surface area contributed by atoms with E-state index in [0.29, 0.717) is 0 Å². The van der Waals surface area contributed by atoms with Crippen molar-refractivity contribution in [2.45, 2.75) is 0 Å². The first-order valence-corrected chi connectivity index (χ1v) is 6.31. The molecule has 0 saturated heterocycles. The van der Waals surface area contributed by atoms with Gasteiger partial charge in [-0.2, -0.15) is 15.6 Å². The van der Waals surface area contributed by atoms with Crippen molar-refractivity contribution in [3.8, 4) is 6.07 Å². The number of halogens is 1. The van der Waals surface area contributed by atoms with E-state index in [-0.39, 0.29) is 11.4 Å². The molecule has 0 radical (unpaired) electrons. The average Bonchev–Trinajstić information content (AvgIpc) is 3.11. The molecule has 1 aromatic carbocycles. The minimum absolute atomic E-state index is 0.241. The molecule has 0 saturated carbocycles. The van der Waals surface area contributed by atoms with Crippen LogP contribution in [-0.2, 0) is 0 Å². The smallest absolute Gasteiger partial charge is 0.216 e. The van der Waals surface area contributed by atoms with Gasteiger partial charge in [-0.3, -0.25) is 5.10 Å². The van der Waals surface area contributed by atoms with E-state index in [1.807, 2.05) is 24.3 Å². The summed E-state index contributed by atoms with van der Waals surface area (Å²) < 4.78 is 0.804. The van der Waals surface area contributed by atoms with E-state index in [9.17, 15) is 0 Å². The summed E-state index contributed by atoms with van der Waals surface area (Å²) in [4.78, 5) is 0. The van der Waals surface area contributed by atoms with Crippen LogP contribution in [0.4, 0.5) is 5.69 Å². The van der Waals surface area contributed by atoms with Crippen LogP contribution in [0, 0.1) is 11.3 Å². The number of allylic oxidation sites excluding steroid dienone is 1. The molecule has 0 bridgehead atoms. The Balaban J connectivity index is 1.89. The van der Waals surface area contributed by atoms with Gasteiger partial charge in [0.05, 0.1) is 5.52 Å². The molecule has 8 nitrogen and oxygen atoms in total. The Kier molecular flexibility index (Phi) is 3.14. The zero-order valence-electron chi connectivity index (χ0n) is 9.92. The van der Waals surface area contributed by atoms with Gasteiger partial charge in [0.1, 0.15) is 16.2 Å². The molecular formula is C11H7BrN8. The summed E-state index contributed by atoms with van der Waals surface area (Å²) in [5.74, 6) is 0.241. The molecule has 0 spiro atoms. The van der Waals surface area contributed by atoms with Crippen LogP contribution in [0.2, 0.25) is 0 Å². The second kappa shape index (κ2) is 5.10. The number of rotatable bonds is 3. The van der Waals surface area contributed by atoms with Crippen molar-refractivity contribution in [1.29, 1.82) is 5.26 Å².